The quantitative estimate of drug-likeness (QED) is 0.0948. The van der Waals surface area contributed by atoms with E-state index in [0.717, 1.165) is 58.5 Å². The van der Waals surface area contributed by atoms with Crippen molar-refractivity contribution in [3.05, 3.63) is 11.6 Å². The lowest BCUT2D eigenvalue weighted by Crippen LogP contribution is -2.68. The van der Waals surface area contributed by atoms with Crippen LogP contribution in [-0.2, 0) is 38.0 Å². The maximum absolute atomic E-state index is 13.0. The van der Waals surface area contributed by atoms with E-state index in [1.807, 2.05) is 6.92 Å². The van der Waals surface area contributed by atoms with Gasteiger partial charge in [-0.3, -0.25) is 0 Å². The third-order valence-electron chi connectivity index (χ3n) is 19.3. The summed E-state index contributed by atoms with van der Waals surface area (Å²) in [6, 6.07) is 0. The summed E-state index contributed by atoms with van der Waals surface area (Å²) in [5.41, 5.74) is 0.190. The average molecular weight is 927 g/mol. The van der Waals surface area contributed by atoms with Gasteiger partial charge in [-0.2, -0.15) is 0 Å². The summed E-state index contributed by atoms with van der Waals surface area (Å²) >= 11 is 0. The SMILES string of the molecule is COC(=O)[C@H]1O[C@@H](O[C@H]2CC[C@@]3(C)[C@@H](CC[C@]4(C)[C@@H]3CC=C3[C@@H]5CC(C)(C)C[C@@H](O)[C@]5(C)CC[C@]34C)[C@@]2(C)CO)[C@H](O[C@@H]2OC[C@H](O)[C@H](O)[C@H]2O[C@@H]2O[C@@H](C)[C@H](O)[C@@H](O)[C@H]2O)[C@@H](O)[C@@H]1O. The molecular formula is C48H78O17. The van der Waals surface area contributed by atoms with Gasteiger partial charge in [0.2, 0.25) is 0 Å². The normalized spacial score (nSPS) is 55.4. The van der Waals surface area contributed by atoms with Crippen molar-refractivity contribution in [3.63, 3.8) is 0 Å². The molecule has 17 heteroatoms. The molecule has 5 aliphatic carbocycles. The molecule has 3 saturated heterocycles. The second-order valence-electron chi connectivity index (χ2n) is 23.3. The number of aliphatic hydroxyl groups is 9. The molecule has 0 radical (unpaired) electrons. The lowest BCUT2D eigenvalue weighted by Gasteiger charge is -2.72. The number of allylic oxidation sites excluding steroid dienone is 2. The molecular weight excluding hydrogens is 849 g/mol. The molecule has 65 heavy (non-hydrogen) atoms. The highest BCUT2D eigenvalue weighted by molar-refractivity contribution is 5.75. The standard InChI is InChI=1S/C48H78O17/c1-22-30(52)32(54)35(57)40(61-22)64-37-31(53)25(50)20-60-41(37)65-38-34(56)33(55)36(39(58)59-9)63-42(38)62-29-13-14-45(5)26(46(29,6)21-49)12-15-48(8)27(45)11-10-23-24-18-43(2,3)19-28(51)44(24,4)16-17-47(23,48)7/h10,22,24-38,40-42,49-57H,11-21H2,1-9H3/t22-,24-,25-,26+,27+,28+,29-,30-,31-,32+,33-,34-,35+,36-,37+,38+,40-,41-,42+,44+,45-,46+,47+,48+/m0/s1. The first-order valence-electron chi connectivity index (χ1n) is 24.0. The molecule has 0 bridgehead atoms. The van der Waals surface area contributed by atoms with E-state index < -0.39 is 110 Å². The van der Waals surface area contributed by atoms with Crippen LogP contribution in [0.1, 0.15) is 113 Å². The number of carbonyl (C=O) groups is 1. The van der Waals surface area contributed by atoms with Crippen LogP contribution in [0.4, 0.5) is 0 Å². The van der Waals surface area contributed by atoms with Gasteiger partial charge >= 0.3 is 5.97 Å². The van der Waals surface area contributed by atoms with E-state index in [1.165, 1.54) is 12.5 Å². The Labute approximate surface area is 382 Å². The van der Waals surface area contributed by atoms with E-state index in [4.69, 9.17) is 33.2 Å². The molecule has 8 rings (SSSR count). The highest BCUT2D eigenvalue weighted by atomic mass is 16.8. The topological polar surface area (TPSA) is 264 Å². The van der Waals surface area contributed by atoms with Crippen LogP contribution in [0.15, 0.2) is 11.6 Å². The molecule has 8 aliphatic rings. The maximum atomic E-state index is 13.0. The Morgan fingerprint density at radius 3 is 2.06 bits per heavy atom. The van der Waals surface area contributed by atoms with E-state index in [0.29, 0.717) is 12.3 Å². The van der Waals surface area contributed by atoms with Crippen molar-refractivity contribution in [3.8, 4) is 0 Å². The summed E-state index contributed by atoms with van der Waals surface area (Å²) < 4.78 is 41.5. The number of ether oxygens (including phenoxy) is 7. The van der Waals surface area contributed by atoms with Crippen LogP contribution < -0.4 is 0 Å². The first-order chi connectivity index (χ1) is 30.3. The number of hydrogen-bond donors (Lipinski definition) is 9. The molecule has 0 unspecified atom stereocenters. The minimum absolute atomic E-state index is 0.0242. The van der Waals surface area contributed by atoms with Crippen molar-refractivity contribution in [1.29, 1.82) is 0 Å². The predicted molar refractivity (Wildman–Crippen MR) is 229 cm³/mol. The van der Waals surface area contributed by atoms with Gasteiger partial charge in [-0.25, -0.2) is 4.79 Å². The van der Waals surface area contributed by atoms with Crippen LogP contribution in [0.2, 0.25) is 0 Å². The van der Waals surface area contributed by atoms with Crippen LogP contribution in [0.3, 0.4) is 0 Å². The first-order valence-corrected chi connectivity index (χ1v) is 24.0. The number of esters is 1. The summed E-state index contributed by atoms with van der Waals surface area (Å²) in [6.07, 6.45) is -13.6. The van der Waals surface area contributed by atoms with Crippen molar-refractivity contribution in [2.75, 3.05) is 20.3 Å². The Balaban J connectivity index is 1.07. The van der Waals surface area contributed by atoms with Crippen LogP contribution in [0, 0.1) is 50.2 Å². The molecule has 3 heterocycles. The smallest absolute Gasteiger partial charge is 0.337 e. The molecule has 7 fully saturated rings. The molecule has 0 spiro atoms. The Morgan fingerprint density at radius 1 is 0.708 bits per heavy atom. The molecule has 0 aromatic rings. The Hall–Kier alpha value is -1.39. The zero-order chi connectivity index (χ0) is 47.6. The van der Waals surface area contributed by atoms with Gasteiger partial charge < -0.3 is 79.1 Å². The second kappa shape index (κ2) is 17.5. The molecule has 3 aliphatic heterocycles. The molecule has 0 amide bonds. The minimum atomic E-state index is -1.88. The zero-order valence-electron chi connectivity index (χ0n) is 39.6. The van der Waals surface area contributed by atoms with E-state index >= 15 is 0 Å². The van der Waals surface area contributed by atoms with Gasteiger partial charge in [-0.15, -0.1) is 0 Å². The number of hydrogen-bond acceptors (Lipinski definition) is 17. The highest BCUT2D eigenvalue weighted by Crippen LogP contribution is 2.76. The Kier molecular flexibility index (Phi) is 13.4. The van der Waals surface area contributed by atoms with Crippen molar-refractivity contribution in [2.24, 2.45) is 50.2 Å². The number of rotatable bonds is 8. The summed E-state index contributed by atoms with van der Waals surface area (Å²) in [5.74, 6) is -0.417. The highest BCUT2D eigenvalue weighted by Gasteiger charge is 2.70. The van der Waals surface area contributed by atoms with Gasteiger partial charge in [0.05, 0.1) is 38.6 Å². The fourth-order valence-corrected chi connectivity index (χ4v) is 14.9. The number of fused-ring (bicyclic) bond motifs is 7. The van der Waals surface area contributed by atoms with Gasteiger partial charge in [0.1, 0.15) is 54.9 Å². The van der Waals surface area contributed by atoms with Crippen LogP contribution in [0.5, 0.6) is 0 Å². The zero-order valence-corrected chi connectivity index (χ0v) is 39.6. The van der Waals surface area contributed by atoms with Crippen molar-refractivity contribution in [2.45, 2.75) is 211 Å². The van der Waals surface area contributed by atoms with Crippen molar-refractivity contribution < 1.29 is 83.9 Å². The first kappa shape index (κ1) is 50.0. The largest absolute Gasteiger partial charge is 0.467 e. The molecule has 0 aromatic heterocycles. The van der Waals surface area contributed by atoms with E-state index in [9.17, 15) is 50.8 Å². The van der Waals surface area contributed by atoms with E-state index in [1.54, 1.807) is 0 Å². The summed E-state index contributed by atoms with van der Waals surface area (Å²) in [4.78, 5) is 13.0. The Morgan fingerprint density at radius 2 is 1.38 bits per heavy atom. The fraction of sp³-hybridized carbons (Fsp3) is 0.938. The number of carbonyl (C=O) groups excluding carboxylic acids is 1. The lowest BCUT2D eigenvalue weighted by molar-refractivity contribution is -0.387. The molecule has 9 N–H and O–H groups in total. The predicted octanol–water partition coefficient (Wildman–Crippen LogP) is 1.43. The van der Waals surface area contributed by atoms with Gasteiger partial charge in [-0.05, 0) is 104 Å². The van der Waals surface area contributed by atoms with Crippen molar-refractivity contribution >= 4 is 5.97 Å². The van der Waals surface area contributed by atoms with Gasteiger partial charge in [-0.1, -0.05) is 60.1 Å². The third-order valence-corrected chi connectivity index (χ3v) is 19.3. The number of aliphatic hydroxyl groups excluding tert-OH is 9. The molecule has 24 atom stereocenters. The molecule has 0 aromatic carbocycles. The van der Waals surface area contributed by atoms with E-state index in [2.05, 4.69) is 47.6 Å². The summed E-state index contributed by atoms with van der Waals surface area (Å²) in [6.45, 7) is 17.0. The van der Waals surface area contributed by atoms with Gasteiger partial charge in [0, 0.05) is 10.8 Å². The van der Waals surface area contributed by atoms with E-state index in [-0.39, 0.29) is 51.6 Å². The monoisotopic (exact) mass is 927 g/mol. The number of methoxy groups -OCH3 is 1. The molecule has 17 nitrogen and oxygen atoms in total. The Bertz CT molecular complexity index is 1780. The molecule has 372 valence electrons. The van der Waals surface area contributed by atoms with Crippen LogP contribution in [-0.4, -0.2) is 170 Å². The second-order valence-corrected chi connectivity index (χ2v) is 23.3. The third kappa shape index (κ3) is 7.81. The van der Waals surface area contributed by atoms with Crippen LogP contribution >= 0.6 is 0 Å². The van der Waals surface area contributed by atoms with Crippen molar-refractivity contribution in [1.82, 2.24) is 0 Å². The van der Waals surface area contributed by atoms with Crippen LogP contribution in [0.25, 0.3) is 0 Å². The fourth-order valence-electron chi connectivity index (χ4n) is 14.9. The minimum Gasteiger partial charge on any atom is -0.467 e. The summed E-state index contributed by atoms with van der Waals surface area (Å²) in [5, 5.41) is 99.4. The lowest BCUT2D eigenvalue weighted by atomic mass is 9.33. The summed E-state index contributed by atoms with van der Waals surface area (Å²) in [7, 11) is 1.11. The molecule has 4 saturated carbocycles. The average Bonchev–Trinajstić information content (AvgIpc) is 3.25. The van der Waals surface area contributed by atoms with Gasteiger partial charge in [0.15, 0.2) is 25.0 Å². The van der Waals surface area contributed by atoms with Gasteiger partial charge in [0.25, 0.3) is 0 Å². The maximum Gasteiger partial charge on any atom is 0.337 e.